The van der Waals surface area contributed by atoms with Crippen LogP contribution in [0.15, 0.2) is 23.3 Å². The fraction of sp³-hybridized carbons (Fsp3) is 0.529. The van der Waals surface area contributed by atoms with E-state index in [1.807, 2.05) is 6.92 Å². The van der Waals surface area contributed by atoms with E-state index in [-0.39, 0.29) is 22.7 Å². The summed E-state index contributed by atoms with van der Waals surface area (Å²) in [7, 11) is 0. The van der Waals surface area contributed by atoms with Gasteiger partial charge in [-0.05, 0) is 31.4 Å². The fourth-order valence-electron chi connectivity index (χ4n) is 2.72. The smallest absolute Gasteiger partial charge is 0.438 e. The van der Waals surface area contributed by atoms with Gasteiger partial charge in [0.1, 0.15) is 5.75 Å². The Kier molecular flexibility index (Phi) is 5.41. The highest BCUT2D eigenvalue weighted by molar-refractivity contribution is 6.00. The largest absolute Gasteiger partial charge is 0.507 e. The van der Waals surface area contributed by atoms with Crippen molar-refractivity contribution in [3.63, 3.8) is 0 Å². The number of aliphatic hydroxyl groups is 1. The van der Waals surface area contributed by atoms with Gasteiger partial charge in [0, 0.05) is 12.1 Å². The number of carbonyl (C=O) groups is 1. The van der Waals surface area contributed by atoms with Crippen LogP contribution in [0.3, 0.4) is 0 Å². The second-order valence-electron chi connectivity index (χ2n) is 6.20. The first-order valence-electron chi connectivity index (χ1n) is 8.10. The summed E-state index contributed by atoms with van der Waals surface area (Å²) in [5, 5.41) is 24.0. The van der Waals surface area contributed by atoms with E-state index in [0.717, 1.165) is 12.8 Å². The zero-order chi connectivity index (χ0) is 18.8. The van der Waals surface area contributed by atoms with Gasteiger partial charge in [0.05, 0.1) is 5.56 Å². The molecule has 1 aromatic rings. The van der Waals surface area contributed by atoms with E-state index in [1.165, 1.54) is 25.1 Å². The quantitative estimate of drug-likeness (QED) is 0.788. The number of amides is 1. The van der Waals surface area contributed by atoms with Crippen LogP contribution < -0.4 is 0 Å². The zero-order valence-electron chi connectivity index (χ0n) is 14.1. The molecular formula is C17H21F3N2O3. The van der Waals surface area contributed by atoms with E-state index in [2.05, 4.69) is 5.10 Å². The van der Waals surface area contributed by atoms with Crippen LogP contribution in [0.4, 0.5) is 13.2 Å². The third kappa shape index (κ3) is 3.63. The molecular weight excluding hydrogens is 337 g/mol. The Morgan fingerprint density at radius 1 is 1.36 bits per heavy atom. The molecule has 0 saturated carbocycles. The molecule has 1 aliphatic heterocycles. The van der Waals surface area contributed by atoms with E-state index in [9.17, 15) is 28.2 Å². The van der Waals surface area contributed by atoms with Crippen molar-refractivity contribution < 1.29 is 28.2 Å². The van der Waals surface area contributed by atoms with Crippen LogP contribution >= 0.6 is 0 Å². The minimum Gasteiger partial charge on any atom is -0.507 e. The van der Waals surface area contributed by atoms with Gasteiger partial charge >= 0.3 is 6.18 Å². The number of aromatic hydroxyl groups is 1. The van der Waals surface area contributed by atoms with Gasteiger partial charge in [0.25, 0.3) is 11.6 Å². The van der Waals surface area contributed by atoms with Crippen molar-refractivity contribution in [3.8, 4) is 5.75 Å². The molecule has 2 N–H and O–H groups in total. The highest BCUT2D eigenvalue weighted by Crippen LogP contribution is 2.42. The van der Waals surface area contributed by atoms with Crippen molar-refractivity contribution in [2.45, 2.75) is 57.9 Å². The molecule has 0 saturated heterocycles. The lowest BCUT2D eigenvalue weighted by Crippen LogP contribution is -2.56. The Hall–Kier alpha value is -2.09. The minimum atomic E-state index is -5.07. The molecule has 0 radical (unpaired) electrons. The number of hydrogen-bond acceptors (Lipinski definition) is 4. The van der Waals surface area contributed by atoms with Crippen LogP contribution in [0.1, 0.15) is 54.9 Å². The number of hydrogen-bond donors (Lipinski definition) is 2. The third-order valence-corrected chi connectivity index (χ3v) is 4.23. The number of aryl methyl sites for hydroxylation is 1. The topological polar surface area (TPSA) is 73.1 Å². The number of halogens is 3. The Morgan fingerprint density at radius 3 is 2.64 bits per heavy atom. The fourth-order valence-corrected chi connectivity index (χ4v) is 2.72. The van der Waals surface area contributed by atoms with Crippen molar-refractivity contribution in [1.29, 1.82) is 0 Å². The minimum absolute atomic E-state index is 0.0583. The van der Waals surface area contributed by atoms with Gasteiger partial charge in [-0.1, -0.05) is 31.9 Å². The molecule has 2 rings (SSSR count). The van der Waals surface area contributed by atoms with E-state index in [0.29, 0.717) is 12.0 Å². The van der Waals surface area contributed by atoms with Gasteiger partial charge < -0.3 is 10.2 Å². The lowest BCUT2D eigenvalue weighted by Gasteiger charge is -2.32. The normalized spacial score (nSPS) is 20.7. The first kappa shape index (κ1) is 19.2. The van der Waals surface area contributed by atoms with Crippen molar-refractivity contribution in [1.82, 2.24) is 5.01 Å². The molecule has 0 aromatic heterocycles. The molecule has 1 unspecified atom stereocenters. The molecule has 0 spiro atoms. The van der Waals surface area contributed by atoms with Gasteiger partial charge in [0.2, 0.25) is 0 Å². The molecule has 1 aliphatic rings. The molecule has 0 bridgehead atoms. The first-order valence-corrected chi connectivity index (χ1v) is 8.10. The molecule has 1 atom stereocenters. The number of carbonyl (C=O) groups excluding carboxylic acids is 1. The zero-order valence-corrected chi connectivity index (χ0v) is 14.1. The Morgan fingerprint density at radius 2 is 2.04 bits per heavy atom. The van der Waals surface area contributed by atoms with E-state index in [1.54, 1.807) is 0 Å². The predicted octanol–water partition coefficient (Wildman–Crippen LogP) is 3.73. The lowest BCUT2D eigenvalue weighted by atomic mass is 10.0. The second-order valence-corrected chi connectivity index (χ2v) is 6.20. The summed E-state index contributed by atoms with van der Waals surface area (Å²) in [6, 6.07) is 4.16. The summed E-state index contributed by atoms with van der Waals surface area (Å²) < 4.78 is 40.3. The Bertz CT molecular complexity index is 688. The number of benzene rings is 1. The molecule has 0 aliphatic carbocycles. The number of phenols is 1. The lowest BCUT2D eigenvalue weighted by molar-refractivity contribution is -0.297. The maximum absolute atomic E-state index is 13.4. The van der Waals surface area contributed by atoms with Crippen LogP contribution in [0.2, 0.25) is 0 Å². The average Bonchev–Trinajstić information content (AvgIpc) is 2.88. The molecule has 1 heterocycles. The van der Waals surface area contributed by atoms with Gasteiger partial charge in [-0.2, -0.15) is 23.3 Å². The standard InChI is InChI=1S/C17H21F3N2O3/c1-3-4-5-8-12-10-16(25,17(18,19)20)22(21-12)15(24)13-9-6-7-11(2)14(13)23/h6-7,9,23,25H,3-5,8,10H2,1-2H3. The Labute approximate surface area is 143 Å². The van der Waals surface area contributed by atoms with Gasteiger partial charge in [-0.25, -0.2) is 0 Å². The monoisotopic (exact) mass is 358 g/mol. The number of phenolic OH excluding ortho intramolecular Hbond substituents is 1. The van der Waals surface area contributed by atoms with Gasteiger partial charge in [0.15, 0.2) is 0 Å². The van der Waals surface area contributed by atoms with E-state index >= 15 is 0 Å². The van der Waals surface area contributed by atoms with Gasteiger partial charge in [-0.3, -0.25) is 4.79 Å². The number of nitrogens with zero attached hydrogens (tertiary/aromatic N) is 2. The summed E-state index contributed by atoms with van der Waals surface area (Å²) in [6.45, 7) is 3.48. The summed E-state index contributed by atoms with van der Waals surface area (Å²) in [5.74, 6) is -1.61. The summed E-state index contributed by atoms with van der Waals surface area (Å²) in [4.78, 5) is 12.6. The number of unbranched alkanes of at least 4 members (excludes halogenated alkanes) is 2. The molecule has 8 heteroatoms. The molecule has 25 heavy (non-hydrogen) atoms. The van der Waals surface area contributed by atoms with E-state index in [4.69, 9.17) is 0 Å². The average molecular weight is 358 g/mol. The molecule has 138 valence electrons. The number of hydrazone groups is 1. The predicted molar refractivity (Wildman–Crippen MR) is 86.2 cm³/mol. The Balaban J connectivity index is 2.38. The third-order valence-electron chi connectivity index (χ3n) is 4.23. The number of alkyl halides is 3. The van der Waals surface area contributed by atoms with Crippen LogP contribution in [0.5, 0.6) is 5.75 Å². The maximum atomic E-state index is 13.4. The second kappa shape index (κ2) is 7.03. The summed E-state index contributed by atoms with van der Waals surface area (Å²) in [6.07, 6.45) is -3.25. The van der Waals surface area contributed by atoms with Gasteiger partial charge in [-0.15, -0.1) is 0 Å². The van der Waals surface area contributed by atoms with Crippen molar-refractivity contribution in [2.75, 3.05) is 0 Å². The molecule has 1 amide bonds. The number of rotatable bonds is 5. The van der Waals surface area contributed by atoms with Crippen molar-refractivity contribution in [3.05, 3.63) is 29.3 Å². The SMILES string of the molecule is CCCCCC1=NN(C(=O)c2cccc(C)c2O)C(O)(C(F)(F)F)C1. The van der Waals surface area contributed by atoms with Crippen LogP contribution in [0.25, 0.3) is 0 Å². The van der Waals surface area contributed by atoms with Crippen LogP contribution in [-0.2, 0) is 0 Å². The molecule has 1 aromatic carbocycles. The first-order chi connectivity index (χ1) is 11.6. The maximum Gasteiger partial charge on any atom is 0.438 e. The van der Waals surface area contributed by atoms with Crippen LogP contribution in [-0.4, -0.2) is 38.7 Å². The van der Waals surface area contributed by atoms with E-state index < -0.39 is 30.0 Å². The highest BCUT2D eigenvalue weighted by atomic mass is 19.4. The molecule has 5 nitrogen and oxygen atoms in total. The summed E-state index contributed by atoms with van der Waals surface area (Å²) >= 11 is 0. The van der Waals surface area contributed by atoms with Crippen molar-refractivity contribution >= 4 is 11.6 Å². The van der Waals surface area contributed by atoms with Crippen molar-refractivity contribution in [2.24, 2.45) is 5.10 Å². The molecule has 0 fully saturated rings. The number of para-hydroxylation sites is 1. The summed E-state index contributed by atoms with van der Waals surface area (Å²) in [5.41, 5.74) is -3.27. The highest BCUT2D eigenvalue weighted by Gasteiger charge is 2.63. The van der Waals surface area contributed by atoms with Crippen LogP contribution in [0, 0.1) is 6.92 Å².